The fourth-order valence-corrected chi connectivity index (χ4v) is 3.89. The molecule has 2 heteroatoms. The molecule has 1 unspecified atom stereocenters. The summed E-state index contributed by atoms with van der Waals surface area (Å²) in [5.74, 6) is 0. The van der Waals surface area contributed by atoms with Crippen molar-refractivity contribution >= 4 is 5.57 Å². The van der Waals surface area contributed by atoms with E-state index in [1.165, 1.54) is 56.1 Å². The van der Waals surface area contributed by atoms with E-state index < -0.39 is 6.08 Å². The summed E-state index contributed by atoms with van der Waals surface area (Å²) >= 11 is 0. The molecule has 0 radical (unpaired) electrons. The highest BCUT2D eigenvalue weighted by molar-refractivity contribution is 5.75. The third-order valence-electron chi connectivity index (χ3n) is 5.64. The van der Waals surface area contributed by atoms with Gasteiger partial charge in [0.1, 0.15) is 0 Å². The molecule has 1 aliphatic carbocycles. The van der Waals surface area contributed by atoms with Gasteiger partial charge in [0.05, 0.1) is 0 Å². The molecule has 27 heavy (non-hydrogen) atoms. The molecule has 0 saturated carbocycles. The molecule has 1 atom stereocenters. The predicted molar refractivity (Wildman–Crippen MR) is 113 cm³/mol. The van der Waals surface area contributed by atoms with Crippen LogP contribution < -0.4 is 0 Å². The van der Waals surface area contributed by atoms with Crippen LogP contribution in [-0.2, 0) is 0 Å². The molecule has 148 valence electrons. The van der Waals surface area contributed by atoms with Crippen LogP contribution >= 0.6 is 0 Å². The lowest BCUT2D eigenvalue weighted by molar-refractivity contribution is 0.328. The fraction of sp³-hybridized carbons (Fsp3) is 0.520. The molecule has 2 rings (SSSR count). The Bertz CT molecular complexity index is 623. The Balaban J connectivity index is 1.86. The summed E-state index contributed by atoms with van der Waals surface area (Å²) in [5.41, 5.74) is 2.25. The van der Waals surface area contributed by atoms with Crippen molar-refractivity contribution in [3.8, 4) is 0 Å². The van der Waals surface area contributed by atoms with Crippen LogP contribution in [0.5, 0.6) is 0 Å². The lowest BCUT2D eigenvalue weighted by Gasteiger charge is -2.31. The van der Waals surface area contributed by atoms with Crippen molar-refractivity contribution in [1.29, 1.82) is 0 Å². The highest BCUT2D eigenvalue weighted by Gasteiger charge is 2.27. The number of hydrogen-bond donors (Lipinski definition) is 0. The SMILES string of the molecule is CCCCCCCCCCC1(CC=C(F)F)C=CC(c2ccccc2)=CC1. The third kappa shape index (κ3) is 7.82. The zero-order valence-corrected chi connectivity index (χ0v) is 16.7. The molecule has 0 fully saturated rings. The molecule has 1 aliphatic rings. The molecule has 0 spiro atoms. The number of unbranched alkanes of at least 4 members (excludes halogenated alkanes) is 7. The Morgan fingerprint density at radius 2 is 1.63 bits per heavy atom. The van der Waals surface area contributed by atoms with Crippen LogP contribution in [0.15, 0.2) is 60.7 Å². The standard InChI is InChI=1S/C25H34F2/c1-2-3-4-5-6-7-8-12-18-25(21-17-24(26)27)19-15-23(16-20-25)22-13-10-9-11-14-22/h9-11,13-17,19H,2-8,12,18,20-21H2,1H3. The number of benzene rings is 1. The normalized spacial score (nSPS) is 19.0. The molecule has 0 saturated heterocycles. The third-order valence-corrected chi connectivity index (χ3v) is 5.64. The van der Waals surface area contributed by atoms with Crippen LogP contribution in [0, 0.1) is 5.41 Å². The Morgan fingerprint density at radius 3 is 2.22 bits per heavy atom. The van der Waals surface area contributed by atoms with E-state index in [2.05, 4.69) is 37.3 Å². The molecule has 0 aromatic heterocycles. The second kappa shape index (κ2) is 11.9. The maximum atomic E-state index is 12.7. The Hall–Kier alpha value is -1.70. The van der Waals surface area contributed by atoms with E-state index >= 15 is 0 Å². The van der Waals surface area contributed by atoms with Gasteiger partial charge in [-0.15, -0.1) is 0 Å². The second-order valence-electron chi connectivity index (χ2n) is 7.85. The molecular formula is C25H34F2. The first-order chi connectivity index (χ1) is 13.2. The summed E-state index contributed by atoms with van der Waals surface area (Å²) < 4.78 is 25.4. The number of allylic oxidation sites excluding steroid dienone is 5. The van der Waals surface area contributed by atoms with Gasteiger partial charge >= 0.3 is 0 Å². The summed E-state index contributed by atoms with van der Waals surface area (Å²) in [5, 5.41) is 0. The summed E-state index contributed by atoms with van der Waals surface area (Å²) in [6, 6.07) is 10.3. The Labute approximate surface area is 164 Å². The summed E-state index contributed by atoms with van der Waals surface area (Å²) in [6.07, 6.45) is 18.6. The van der Waals surface area contributed by atoms with Gasteiger partial charge in [0.25, 0.3) is 6.08 Å². The first kappa shape index (κ1) is 21.6. The minimum absolute atomic E-state index is 0.149. The van der Waals surface area contributed by atoms with E-state index in [-0.39, 0.29) is 5.41 Å². The van der Waals surface area contributed by atoms with Crippen LogP contribution in [0.25, 0.3) is 5.57 Å². The predicted octanol–water partition coefficient (Wildman–Crippen LogP) is 8.72. The minimum Gasteiger partial charge on any atom is -0.174 e. The average Bonchev–Trinajstić information content (AvgIpc) is 2.70. The molecule has 1 aromatic carbocycles. The van der Waals surface area contributed by atoms with Crippen molar-refractivity contribution in [2.75, 3.05) is 0 Å². The lowest BCUT2D eigenvalue weighted by Crippen LogP contribution is -2.19. The smallest absolute Gasteiger partial charge is 0.174 e. The van der Waals surface area contributed by atoms with E-state index in [0.29, 0.717) is 6.42 Å². The Morgan fingerprint density at radius 1 is 0.963 bits per heavy atom. The molecule has 0 heterocycles. The summed E-state index contributed by atoms with van der Waals surface area (Å²) in [6.45, 7) is 2.24. The zero-order chi connectivity index (χ0) is 19.4. The number of halogens is 2. The van der Waals surface area contributed by atoms with Gasteiger partial charge in [-0.25, -0.2) is 0 Å². The molecule has 1 aromatic rings. The van der Waals surface area contributed by atoms with Gasteiger partial charge in [-0.3, -0.25) is 0 Å². The molecule has 0 amide bonds. The monoisotopic (exact) mass is 372 g/mol. The van der Waals surface area contributed by atoms with Crippen molar-refractivity contribution < 1.29 is 8.78 Å². The van der Waals surface area contributed by atoms with Crippen molar-refractivity contribution in [2.45, 2.75) is 77.6 Å². The quantitative estimate of drug-likeness (QED) is 0.322. The van der Waals surface area contributed by atoms with Gasteiger partial charge in [0.15, 0.2) is 0 Å². The second-order valence-corrected chi connectivity index (χ2v) is 7.85. The van der Waals surface area contributed by atoms with Gasteiger partial charge in [-0.05, 0) is 41.9 Å². The van der Waals surface area contributed by atoms with Gasteiger partial charge < -0.3 is 0 Å². The first-order valence-electron chi connectivity index (χ1n) is 10.6. The number of hydrogen-bond acceptors (Lipinski definition) is 0. The zero-order valence-electron chi connectivity index (χ0n) is 16.7. The van der Waals surface area contributed by atoms with Crippen LogP contribution in [0.4, 0.5) is 8.78 Å². The highest BCUT2D eigenvalue weighted by Crippen LogP contribution is 2.41. The largest absolute Gasteiger partial charge is 0.266 e. The van der Waals surface area contributed by atoms with E-state index in [1.807, 2.05) is 18.2 Å². The van der Waals surface area contributed by atoms with Crippen molar-refractivity contribution in [3.05, 3.63) is 66.3 Å². The number of rotatable bonds is 12. The van der Waals surface area contributed by atoms with Crippen LogP contribution in [0.3, 0.4) is 0 Å². The fourth-order valence-electron chi connectivity index (χ4n) is 3.89. The van der Waals surface area contributed by atoms with Gasteiger partial charge in [0.2, 0.25) is 0 Å². The van der Waals surface area contributed by atoms with Crippen molar-refractivity contribution in [1.82, 2.24) is 0 Å². The van der Waals surface area contributed by atoms with E-state index in [1.54, 1.807) is 0 Å². The molecule has 0 bridgehead atoms. The van der Waals surface area contributed by atoms with Crippen molar-refractivity contribution in [3.63, 3.8) is 0 Å². The van der Waals surface area contributed by atoms with E-state index in [9.17, 15) is 8.78 Å². The Kier molecular flexibility index (Phi) is 9.52. The molecule has 0 aliphatic heterocycles. The van der Waals surface area contributed by atoms with Gasteiger partial charge in [-0.1, -0.05) is 107 Å². The molecule has 0 N–H and O–H groups in total. The maximum absolute atomic E-state index is 12.7. The van der Waals surface area contributed by atoms with E-state index in [0.717, 1.165) is 25.3 Å². The van der Waals surface area contributed by atoms with Crippen LogP contribution in [-0.4, -0.2) is 0 Å². The van der Waals surface area contributed by atoms with E-state index in [4.69, 9.17) is 0 Å². The lowest BCUT2D eigenvalue weighted by atomic mass is 9.73. The van der Waals surface area contributed by atoms with Crippen LogP contribution in [0.1, 0.15) is 83.1 Å². The summed E-state index contributed by atoms with van der Waals surface area (Å²) in [7, 11) is 0. The van der Waals surface area contributed by atoms with Gasteiger partial charge in [0, 0.05) is 0 Å². The molecule has 0 nitrogen and oxygen atoms in total. The minimum atomic E-state index is -1.56. The first-order valence-corrected chi connectivity index (χ1v) is 10.6. The van der Waals surface area contributed by atoms with Gasteiger partial charge in [-0.2, -0.15) is 8.78 Å². The highest BCUT2D eigenvalue weighted by atomic mass is 19.3. The topological polar surface area (TPSA) is 0 Å². The van der Waals surface area contributed by atoms with Crippen molar-refractivity contribution in [2.24, 2.45) is 5.41 Å². The summed E-state index contributed by atoms with van der Waals surface area (Å²) in [4.78, 5) is 0. The maximum Gasteiger partial charge on any atom is 0.266 e. The van der Waals surface area contributed by atoms with Crippen LogP contribution in [0.2, 0.25) is 0 Å². The average molecular weight is 373 g/mol. The molecular weight excluding hydrogens is 338 g/mol.